The normalized spacial score (nSPS) is 11.0. The molecule has 27 heavy (non-hydrogen) atoms. The maximum absolute atomic E-state index is 5.45. The largest absolute Gasteiger partial charge is 0.496 e. The lowest BCUT2D eigenvalue weighted by Gasteiger charge is -2.12. The number of aryl methyl sites for hydroxylation is 1. The average Bonchev–Trinajstić information content (AvgIpc) is 3.06. The first-order chi connectivity index (χ1) is 13.1. The summed E-state index contributed by atoms with van der Waals surface area (Å²) in [6, 6.07) is 11.5. The van der Waals surface area contributed by atoms with Crippen LogP contribution in [0.15, 0.2) is 41.5 Å². The van der Waals surface area contributed by atoms with Gasteiger partial charge in [0.2, 0.25) is 4.77 Å². The highest BCUT2D eigenvalue weighted by molar-refractivity contribution is 7.71. The third kappa shape index (κ3) is 3.85. The van der Waals surface area contributed by atoms with Crippen molar-refractivity contribution in [2.75, 3.05) is 21.3 Å². The molecule has 2 aromatic carbocycles. The van der Waals surface area contributed by atoms with E-state index >= 15 is 0 Å². The Morgan fingerprint density at radius 3 is 2.37 bits per heavy atom. The summed E-state index contributed by atoms with van der Waals surface area (Å²) in [5.41, 5.74) is 2.70. The van der Waals surface area contributed by atoms with Crippen molar-refractivity contribution in [1.82, 2.24) is 14.9 Å². The summed E-state index contributed by atoms with van der Waals surface area (Å²) in [6.07, 6.45) is 1.63. The molecule has 0 radical (unpaired) electrons. The zero-order chi connectivity index (χ0) is 19.4. The molecule has 0 fully saturated rings. The fourth-order valence-electron chi connectivity index (χ4n) is 2.65. The molecule has 0 aliphatic carbocycles. The van der Waals surface area contributed by atoms with Crippen LogP contribution in [0.2, 0.25) is 0 Å². The molecule has 3 aromatic rings. The fraction of sp³-hybridized carbons (Fsp3) is 0.211. The third-order valence-electron chi connectivity index (χ3n) is 3.98. The molecule has 8 heteroatoms. The van der Waals surface area contributed by atoms with E-state index in [0.29, 0.717) is 33.4 Å². The Kier molecular flexibility index (Phi) is 5.56. The molecule has 140 valence electrons. The fourth-order valence-corrected chi connectivity index (χ4v) is 2.82. The Labute approximate surface area is 162 Å². The average molecular weight is 384 g/mol. The minimum Gasteiger partial charge on any atom is -0.496 e. The molecule has 1 heterocycles. The van der Waals surface area contributed by atoms with E-state index in [1.807, 2.05) is 31.2 Å². The van der Waals surface area contributed by atoms with E-state index in [-0.39, 0.29) is 0 Å². The summed E-state index contributed by atoms with van der Waals surface area (Å²) < 4.78 is 18.1. The number of nitrogens with zero attached hydrogens (tertiary/aromatic N) is 3. The lowest BCUT2D eigenvalue weighted by molar-refractivity contribution is 0.374. The Morgan fingerprint density at radius 1 is 1.07 bits per heavy atom. The van der Waals surface area contributed by atoms with E-state index in [9.17, 15) is 0 Å². The van der Waals surface area contributed by atoms with Crippen molar-refractivity contribution in [3.8, 4) is 28.6 Å². The number of nitrogens with one attached hydrogen (secondary N) is 1. The highest BCUT2D eigenvalue weighted by atomic mass is 32.1. The zero-order valence-electron chi connectivity index (χ0n) is 15.5. The predicted octanol–water partition coefficient (Wildman–Crippen LogP) is 3.82. The van der Waals surface area contributed by atoms with Gasteiger partial charge in [0.1, 0.15) is 17.2 Å². The summed E-state index contributed by atoms with van der Waals surface area (Å²) in [6.45, 7) is 2.02. The van der Waals surface area contributed by atoms with Crippen molar-refractivity contribution in [3.05, 3.63) is 52.3 Å². The number of rotatable bonds is 6. The van der Waals surface area contributed by atoms with Crippen LogP contribution in [0.25, 0.3) is 11.4 Å². The van der Waals surface area contributed by atoms with Crippen LogP contribution >= 0.6 is 12.2 Å². The summed E-state index contributed by atoms with van der Waals surface area (Å²) in [7, 11) is 4.74. The van der Waals surface area contributed by atoms with Gasteiger partial charge in [-0.15, -0.1) is 0 Å². The molecular formula is C19H20N4O3S. The van der Waals surface area contributed by atoms with E-state index in [1.54, 1.807) is 44.4 Å². The number of aromatic nitrogens is 3. The van der Waals surface area contributed by atoms with E-state index in [2.05, 4.69) is 15.3 Å². The van der Waals surface area contributed by atoms with Crippen molar-refractivity contribution in [2.45, 2.75) is 6.92 Å². The maximum atomic E-state index is 5.45. The third-order valence-corrected chi connectivity index (χ3v) is 4.25. The van der Waals surface area contributed by atoms with Gasteiger partial charge in [-0.25, -0.2) is 5.10 Å². The van der Waals surface area contributed by atoms with Crippen molar-refractivity contribution in [3.63, 3.8) is 0 Å². The standard InChI is InChI=1S/C19H20N4O3S/c1-12-6-5-7-13(8-12)18-21-22-19(27)23(18)20-11-15-16(25-3)9-14(24-2)10-17(15)26-4/h5-11H,1-4H3,(H,22,27)/b20-11-. The molecule has 0 aliphatic heterocycles. The number of aromatic amines is 1. The van der Waals surface area contributed by atoms with Gasteiger partial charge in [0.05, 0.1) is 33.1 Å². The molecule has 0 spiro atoms. The Morgan fingerprint density at radius 2 is 1.78 bits per heavy atom. The van der Waals surface area contributed by atoms with Crippen LogP contribution in [0.1, 0.15) is 11.1 Å². The van der Waals surface area contributed by atoms with Gasteiger partial charge in [-0.1, -0.05) is 23.8 Å². The molecule has 0 bridgehead atoms. The summed E-state index contributed by atoms with van der Waals surface area (Å²) in [5, 5.41) is 11.6. The Balaban J connectivity index is 2.08. The van der Waals surface area contributed by atoms with Gasteiger partial charge in [-0.3, -0.25) is 0 Å². The quantitative estimate of drug-likeness (QED) is 0.517. The molecule has 0 atom stereocenters. The Bertz CT molecular complexity index is 1010. The van der Waals surface area contributed by atoms with E-state index in [1.165, 1.54) is 0 Å². The topological polar surface area (TPSA) is 73.7 Å². The first-order valence-electron chi connectivity index (χ1n) is 8.16. The first-order valence-corrected chi connectivity index (χ1v) is 8.57. The highest BCUT2D eigenvalue weighted by Crippen LogP contribution is 2.32. The zero-order valence-corrected chi connectivity index (χ0v) is 16.3. The van der Waals surface area contributed by atoms with Gasteiger partial charge in [0.25, 0.3) is 0 Å². The van der Waals surface area contributed by atoms with Crippen LogP contribution in [0.4, 0.5) is 0 Å². The van der Waals surface area contributed by atoms with Gasteiger partial charge in [-0.05, 0) is 25.2 Å². The number of ether oxygens (including phenoxy) is 3. The molecule has 3 rings (SSSR count). The second kappa shape index (κ2) is 8.05. The smallest absolute Gasteiger partial charge is 0.216 e. The number of benzene rings is 2. The summed E-state index contributed by atoms with van der Waals surface area (Å²) in [5.74, 6) is 2.39. The first kappa shape index (κ1) is 18.7. The maximum Gasteiger partial charge on any atom is 0.216 e. The van der Waals surface area contributed by atoms with Crippen LogP contribution in [-0.4, -0.2) is 42.4 Å². The molecule has 1 N–H and O–H groups in total. The van der Waals surface area contributed by atoms with Crippen molar-refractivity contribution in [1.29, 1.82) is 0 Å². The number of methoxy groups -OCH3 is 3. The monoisotopic (exact) mass is 384 g/mol. The van der Waals surface area contributed by atoms with E-state index in [4.69, 9.17) is 26.4 Å². The molecule has 0 amide bonds. The minimum atomic E-state index is 0.384. The van der Waals surface area contributed by atoms with Crippen LogP contribution in [-0.2, 0) is 0 Å². The van der Waals surface area contributed by atoms with Gasteiger partial charge in [0.15, 0.2) is 5.82 Å². The summed E-state index contributed by atoms with van der Waals surface area (Å²) in [4.78, 5) is 0. The lowest BCUT2D eigenvalue weighted by atomic mass is 10.1. The molecule has 0 saturated carbocycles. The number of hydrogen-bond donors (Lipinski definition) is 1. The number of hydrogen-bond acceptors (Lipinski definition) is 6. The molecule has 7 nitrogen and oxygen atoms in total. The molecule has 0 saturated heterocycles. The van der Waals surface area contributed by atoms with Crippen LogP contribution < -0.4 is 14.2 Å². The SMILES string of the molecule is COc1cc(OC)c(/C=N\n2c(-c3cccc(C)c3)n[nH]c2=S)c(OC)c1. The second-order valence-electron chi connectivity index (χ2n) is 5.72. The van der Waals surface area contributed by atoms with E-state index in [0.717, 1.165) is 11.1 Å². The van der Waals surface area contributed by atoms with E-state index < -0.39 is 0 Å². The molecular weight excluding hydrogens is 364 g/mol. The highest BCUT2D eigenvalue weighted by Gasteiger charge is 2.13. The van der Waals surface area contributed by atoms with Crippen LogP contribution in [0.5, 0.6) is 17.2 Å². The van der Waals surface area contributed by atoms with Gasteiger partial charge < -0.3 is 14.2 Å². The van der Waals surface area contributed by atoms with Crippen molar-refractivity contribution in [2.24, 2.45) is 5.10 Å². The van der Waals surface area contributed by atoms with Gasteiger partial charge in [-0.2, -0.15) is 14.9 Å². The predicted molar refractivity (Wildman–Crippen MR) is 107 cm³/mol. The van der Waals surface area contributed by atoms with Crippen LogP contribution in [0, 0.1) is 11.7 Å². The van der Waals surface area contributed by atoms with Gasteiger partial charge in [0, 0.05) is 17.7 Å². The minimum absolute atomic E-state index is 0.384. The van der Waals surface area contributed by atoms with Crippen LogP contribution in [0.3, 0.4) is 0 Å². The Hall–Kier alpha value is -3.13. The molecule has 0 aliphatic rings. The number of H-pyrrole nitrogens is 1. The second-order valence-corrected chi connectivity index (χ2v) is 6.11. The molecule has 0 unspecified atom stereocenters. The molecule has 1 aromatic heterocycles. The van der Waals surface area contributed by atoms with Crippen molar-refractivity contribution < 1.29 is 14.2 Å². The summed E-state index contributed by atoms with van der Waals surface area (Å²) >= 11 is 5.33. The van der Waals surface area contributed by atoms with Crippen molar-refractivity contribution >= 4 is 18.4 Å². The van der Waals surface area contributed by atoms with Gasteiger partial charge >= 0.3 is 0 Å². The lowest BCUT2D eigenvalue weighted by Crippen LogP contribution is -2.00.